The lowest BCUT2D eigenvalue weighted by Gasteiger charge is -2.27. The summed E-state index contributed by atoms with van der Waals surface area (Å²) < 4.78 is 119. The molecular formula is C64H108O32. The Morgan fingerprint density at radius 3 is 0.740 bits per heavy atom. The molecule has 0 unspecified atom stereocenters. The van der Waals surface area contributed by atoms with Gasteiger partial charge in [-0.15, -0.1) is 0 Å². The number of carbonyl (C=O) groups excluding carboxylic acids is 3. The van der Waals surface area contributed by atoms with Crippen molar-refractivity contribution >= 4 is 17.9 Å². The molecule has 0 spiro atoms. The third-order valence-corrected chi connectivity index (χ3v) is 12.9. The van der Waals surface area contributed by atoms with Crippen LogP contribution in [0.15, 0.2) is 24.3 Å². The van der Waals surface area contributed by atoms with Crippen LogP contribution in [0.4, 0.5) is 0 Å². The number of carbonyl (C=O) groups is 3. The van der Waals surface area contributed by atoms with Gasteiger partial charge in [0.25, 0.3) is 0 Å². The molecule has 0 saturated carbocycles. The minimum absolute atomic E-state index is 0.00216. The molecule has 2 rings (SSSR count). The molecule has 0 amide bonds. The van der Waals surface area contributed by atoms with E-state index >= 15 is 0 Å². The Morgan fingerprint density at radius 1 is 0.312 bits per heavy atom. The van der Waals surface area contributed by atoms with Gasteiger partial charge in [0.15, 0.2) is 0 Å². The summed E-state index contributed by atoms with van der Waals surface area (Å²) in [5, 5.41) is 73.9. The third kappa shape index (κ3) is 44.0. The highest BCUT2D eigenvalue weighted by molar-refractivity contribution is 5.91. The van der Waals surface area contributed by atoms with Crippen LogP contribution < -0.4 is 0 Å². The van der Waals surface area contributed by atoms with E-state index in [0.29, 0.717) is 33.4 Å². The lowest BCUT2D eigenvalue weighted by Crippen LogP contribution is -2.41. The molecule has 0 aliphatic heterocycles. The zero-order valence-corrected chi connectivity index (χ0v) is 55.8. The summed E-state index contributed by atoms with van der Waals surface area (Å²) in [5.41, 5.74) is 1.28. The number of esters is 3. The van der Waals surface area contributed by atoms with E-state index in [0.717, 1.165) is 0 Å². The van der Waals surface area contributed by atoms with Crippen molar-refractivity contribution in [1.82, 2.24) is 0 Å². The monoisotopic (exact) mass is 1390 g/mol. The summed E-state index contributed by atoms with van der Waals surface area (Å²) in [5.74, 6) is -2.91. The van der Waals surface area contributed by atoms with Gasteiger partial charge in [0, 0.05) is 0 Å². The van der Waals surface area contributed by atoms with Gasteiger partial charge in [0.1, 0.15) is 31.3 Å². The highest BCUT2D eigenvalue weighted by atomic mass is 16.6. The largest absolute Gasteiger partial charge is 0.462 e. The lowest BCUT2D eigenvalue weighted by molar-refractivity contribution is -0.163. The molecule has 1 atom stereocenters. The van der Waals surface area contributed by atoms with Gasteiger partial charge in [-0.25, -0.2) is 9.59 Å². The van der Waals surface area contributed by atoms with Crippen LogP contribution in [0.3, 0.4) is 0 Å². The number of aliphatic hydroxyl groups is 8. The fourth-order valence-corrected chi connectivity index (χ4v) is 7.99. The van der Waals surface area contributed by atoms with Crippen molar-refractivity contribution in [2.75, 3.05) is 264 Å². The van der Waals surface area contributed by atoms with Crippen LogP contribution in [0.1, 0.15) is 61.0 Å². The Hall–Kier alpha value is -4.19. The summed E-state index contributed by atoms with van der Waals surface area (Å²) >= 11 is 0. The number of ether oxygens (including phenoxy) is 21. The Balaban J connectivity index is 2.59. The van der Waals surface area contributed by atoms with Crippen LogP contribution in [0.2, 0.25) is 0 Å². The van der Waals surface area contributed by atoms with Crippen molar-refractivity contribution in [3.63, 3.8) is 0 Å². The van der Waals surface area contributed by atoms with Crippen LogP contribution in [-0.2, 0) is 144 Å². The Bertz CT molecular complexity index is 1970. The van der Waals surface area contributed by atoms with Crippen molar-refractivity contribution in [2.45, 2.75) is 52.7 Å². The molecule has 32 heteroatoms. The minimum Gasteiger partial charge on any atom is -0.462 e. The average Bonchev–Trinajstić information content (AvgIpc) is 0.850. The molecule has 0 radical (unpaired) electrons. The Morgan fingerprint density at radius 2 is 0.521 bits per heavy atom. The molecule has 0 fully saturated rings. The number of aliphatic hydroxyl groups excluding tert-OH is 8. The summed E-state index contributed by atoms with van der Waals surface area (Å²) in [6, 6.07) is 6.17. The van der Waals surface area contributed by atoms with E-state index in [1.807, 2.05) is 0 Å². The Kier molecular flexibility index (Phi) is 56.6. The van der Waals surface area contributed by atoms with Crippen LogP contribution in [0.5, 0.6) is 0 Å². The SMILES string of the molecule is CC(COC(=O)c1cc(COCCOCCOCCO)c(COCCOCCOCCO)c(COCCOCCOCCO)c1)(COC(=O)c1cc(COCCOCCOCCO)c(COCCOCCOCCO)c(COCCOCCOCCO)c1)C(=O)OC[C@@H](O)CO. The maximum absolute atomic E-state index is 14.5. The maximum Gasteiger partial charge on any atom is 0.338 e. The predicted molar refractivity (Wildman–Crippen MR) is 336 cm³/mol. The lowest BCUT2D eigenvalue weighted by atomic mass is 9.92. The van der Waals surface area contributed by atoms with Gasteiger partial charge in [-0.05, 0) is 64.6 Å². The van der Waals surface area contributed by atoms with E-state index in [1.165, 1.54) is 6.92 Å². The molecule has 2 aromatic rings. The third-order valence-electron chi connectivity index (χ3n) is 12.9. The normalized spacial score (nSPS) is 12.1. The second-order valence-corrected chi connectivity index (χ2v) is 20.7. The molecule has 556 valence electrons. The van der Waals surface area contributed by atoms with E-state index in [4.69, 9.17) is 130 Å². The first kappa shape index (κ1) is 87.9. The van der Waals surface area contributed by atoms with Gasteiger partial charge in [0.2, 0.25) is 0 Å². The Labute approximate surface area is 562 Å². The standard InChI is InChI=1S/C64H108O32/c1-64(63(75)94-47-58(72)42-71,50-95-61(73)52-38-54(43-88-32-26-82-20-14-76-8-2-65)59(48-92-36-30-86-24-18-80-12-6-69)55(39-52)44-89-33-27-83-21-15-77-9-3-66)51-96-62(74)53-40-56(45-90-34-28-84-22-16-78-10-4-67)60(49-93-37-31-87-25-19-81-13-7-70)57(41-53)46-91-35-29-85-23-17-79-11-5-68/h38-41,58,65-72H,2-37,42-51H2,1H3/t58-/m0/s1. The smallest absolute Gasteiger partial charge is 0.338 e. The first-order valence-electron chi connectivity index (χ1n) is 32.2. The molecule has 0 aromatic heterocycles. The van der Waals surface area contributed by atoms with Crippen molar-refractivity contribution in [3.05, 3.63) is 68.8 Å². The molecule has 32 nitrogen and oxygen atoms in total. The zero-order valence-electron chi connectivity index (χ0n) is 55.8. The predicted octanol–water partition coefficient (Wildman–Crippen LogP) is -1.14. The first-order valence-corrected chi connectivity index (χ1v) is 32.2. The van der Waals surface area contributed by atoms with Crippen LogP contribution in [0, 0.1) is 5.41 Å². The van der Waals surface area contributed by atoms with Crippen molar-refractivity contribution in [3.8, 4) is 0 Å². The van der Waals surface area contributed by atoms with E-state index in [2.05, 4.69) is 0 Å². The van der Waals surface area contributed by atoms with Crippen molar-refractivity contribution < 1.29 is 155 Å². The average molecular weight is 1390 g/mol. The van der Waals surface area contributed by atoms with E-state index < -0.39 is 55.9 Å². The van der Waals surface area contributed by atoms with Gasteiger partial charge >= 0.3 is 17.9 Å². The molecule has 0 saturated heterocycles. The maximum atomic E-state index is 14.5. The van der Waals surface area contributed by atoms with Gasteiger partial charge in [-0.2, -0.15) is 0 Å². The van der Waals surface area contributed by atoms with Crippen LogP contribution in [-0.4, -0.2) is 329 Å². The summed E-state index contributed by atoms with van der Waals surface area (Å²) in [7, 11) is 0. The quantitative estimate of drug-likeness (QED) is 0.0220. The molecule has 0 aliphatic rings. The van der Waals surface area contributed by atoms with Gasteiger partial charge in [0.05, 0.1) is 295 Å². The van der Waals surface area contributed by atoms with Gasteiger partial charge in [-0.1, -0.05) is 0 Å². The fraction of sp³-hybridized carbons (Fsp3) is 0.766. The molecular weight excluding hydrogens is 1280 g/mol. The molecule has 0 heterocycles. The molecule has 96 heavy (non-hydrogen) atoms. The second-order valence-electron chi connectivity index (χ2n) is 20.7. The molecule has 0 bridgehead atoms. The van der Waals surface area contributed by atoms with Crippen molar-refractivity contribution in [2.24, 2.45) is 5.41 Å². The van der Waals surface area contributed by atoms with Gasteiger partial charge in [-0.3, -0.25) is 4.79 Å². The molecule has 8 N–H and O–H groups in total. The highest BCUT2D eigenvalue weighted by Gasteiger charge is 2.39. The van der Waals surface area contributed by atoms with Crippen LogP contribution in [0.25, 0.3) is 0 Å². The zero-order chi connectivity index (χ0) is 69.6. The number of benzene rings is 2. The summed E-state index contributed by atoms with van der Waals surface area (Å²) in [4.78, 5) is 43.0. The van der Waals surface area contributed by atoms with E-state index in [1.54, 1.807) is 24.3 Å². The van der Waals surface area contributed by atoms with E-state index in [9.17, 15) is 24.6 Å². The van der Waals surface area contributed by atoms with E-state index in [-0.39, 0.29) is 289 Å². The number of hydrogen-bond donors (Lipinski definition) is 8. The summed E-state index contributed by atoms with van der Waals surface area (Å²) in [6.07, 6.45) is -1.48. The van der Waals surface area contributed by atoms with Gasteiger partial charge < -0.3 is 140 Å². The highest BCUT2D eigenvalue weighted by Crippen LogP contribution is 2.27. The summed E-state index contributed by atoms with van der Waals surface area (Å²) in [6.45, 7) is 3.61. The molecule has 2 aromatic carbocycles. The number of rotatable bonds is 70. The number of hydrogen-bond acceptors (Lipinski definition) is 32. The minimum atomic E-state index is -1.95. The first-order chi connectivity index (χ1) is 47.0. The second kappa shape index (κ2) is 61.9. The molecule has 0 aliphatic carbocycles. The fourth-order valence-electron chi connectivity index (χ4n) is 7.99. The van der Waals surface area contributed by atoms with Crippen LogP contribution >= 0.6 is 0 Å². The topological polar surface area (TPSA) is 407 Å². The van der Waals surface area contributed by atoms with Crippen molar-refractivity contribution in [1.29, 1.82) is 0 Å².